The van der Waals surface area contributed by atoms with Gasteiger partial charge in [-0.05, 0) is 60.7 Å². The van der Waals surface area contributed by atoms with Gasteiger partial charge in [-0.3, -0.25) is 9.59 Å². The molecule has 24 heavy (non-hydrogen) atoms. The van der Waals surface area contributed by atoms with E-state index in [0.29, 0.717) is 21.7 Å². The van der Waals surface area contributed by atoms with E-state index in [1.807, 2.05) is 12.1 Å². The number of benzene rings is 2. The molecule has 3 rings (SSSR count). The lowest BCUT2D eigenvalue weighted by molar-refractivity contribution is -0.136. The van der Waals surface area contributed by atoms with E-state index >= 15 is 0 Å². The van der Waals surface area contributed by atoms with Crippen molar-refractivity contribution in [3.63, 3.8) is 0 Å². The molecule has 1 aliphatic rings. The average molecular weight is 363 g/mol. The molecule has 0 spiro atoms. The van der Waals surface area contributed by atoms with Crippen LogP contribution >= 0.6 is 23.2 Å². The van der Waals surface area contributed by atoms with E-state index < -0.39 is 11.8 Å². The molecule has 2 aromatic rings. The Balaban J connectivity index is 1.66. The molecule has 2 aromatic carbocycles. The normalized spacial score (nSPS) is 14.8. The first-order valence-electron chi connectivity index (χ1n) is 7.66. The highest BCUT2D eigenvalue weighted by atomic mass is 35.5. The fourth-order valence-electron chi connectivity index (χ4n) is 2.50. The molecule has 0 aromatic heterocycles. The summed E-state index contributed by atoms with van der Waals surface area (Å²) in [5.74, 6) is -0.993. The maximum atomic E-state index is 12.2. The van der Waals surface area contributed by atoms with Crippen molar-refractivity contribution < 1.29 is 9.59 Å². The maximum Gasteiger partial charge on any atom is 0.313 e. The van der Waals surface area contributed by atoms with Gasteiger partial charge in [-0.2, -0.15) is 0 Å². The summed E-state index contributed by atoms with van der Waals surface area (Å²) in [6, 6.07) is 13.7. The smallest absolute Gasteiger partial charge is 0.313 e. The monoisotopic (exact) mass is 362 g/mol. The number of hydrogen-bond acceptors (Lipinski definition) is 2. The topological polar surface area (TPSA) is 58.2 Å². The number of carbonyl (C=O) groups is 2. The highest BCUT2D eigenvalue weighted by molar-refractivity contribution is 6.39. The maximum absolute atomic E-state index is 12.2. The first kappa shape index (κ1) is 16.8. The molecule has 0 bridgehead atoms. The van der Waals surface area contributed by atoms with Crippen molar-refractivity contribution in [3.05, 3.63) is 64.1 Å². The Morgan fingerprint density at radius 3 is 1.96 bits per heavy atom. The first-order chi connectivity index (χ1) is 11.5. The lowest BCUT2D eigenvalue weighted by atomic mass is 10.0. The molecule has 1 unspecified atom stereocenters. The lowest BCUT2D eigenvalue weighted by Gasteiger charge is -2.18. The van der Waals surface area contributed by atoms with Crippen LogP contribution in [0.5, 0.6) is 0 Å². The van der Waals surface area contributed by atoms with Gasteiger partial charge in [0.05, 0.1) is 6.04 Å². The van der Waals surface area contributed by atoms with E-state index in [1.54, 1.807) is 36.4 Å². The highest BCUT2D eigenvalue weighted by Gasteiger charge is 2.34. The second kappa shape index (κ2) is 7.24. The molecule has 1 atom stereocenters. The van der Waals surface area contributed by atoms with E-state index in [2.05, 4.69) is 10.6 Å². The summed E-state index contributed by atoms with van der Waals surface area (Å²) >= 11 is 11.7. The van der Waals surface area contributed by atoms with Crippen molar-refractivity contribution in [1.82, 2.24) is 5.32 Å². The molecular formula is C18H16Cl2N2O2. The van der Waals surface area contributed by atoms with Crippen LogP contribution in [0.1, 0.15) is 24.4 Å². The molecular weight excluding hydrogens is 347 g/mol. The van der Waals surface area contributed by atoms with Crippen LogP contribution < -0.4 is 10.6 Å². The highest BCUT2D eigenvalue weighted by Crippen LogP contribution is 2.41. The Labute approximate surface area is 150 Å². The molecule has 2 amide bonds. The van der Waals surface area contributed by atoms with Crippen LogP contribution in [0, 0.1) is 5.92 Å². The zero-order chi connectivity index (χ0) is 17.1. The molecule has 0 saturated heterocycles. The molecule has 124 valence electrons. The Kier molecular flexibility index (Phi) is 5.07. The summed E-state index contributed by atoms with van der Waals surface area (Å²) in [5, 5.41) is 6.59. The fraction of sp³-hybridized carbons (Fsp3) is 0.222. The van der Waals surface area contributed by atoms with Gasteiger partial charge in [-0.15, -0.1) is 0 Å². The lowest BCUT2D eigenvalue weighted by Crippen LogP contribution is -2.38. The molecule has 1 fully saturated rings. The standard InChI is InChI=1S/C18H16Cl2N2O2/c19-13-5-3-12(4-6-13)16(11-1-2-11)22-18(24)17(23)21-15-9-7-14(20)8-10-15/h3-11,16H,1-2H2,(H,21,23)(H,22,24). The molecule has 6 heteroatoms. The van der Waals surface area contributed by atoms with Crippen molar-refractivity contribution in [1.29, 1.82) is 0 Å². The van der Waals surface area contributed by atoms with Crippen LogP contribution in [0.2, 0.25) is 10.0 Å². The molecule has 4 nitrogen and oxygen atoms in total. The van der Waals surface area contributed by atoms with Crippen LogP contribution in [0.15, 0.2) is 48.5 Å². The predicted octanol–water partition coefficient (Wildman–Crippen LogP) is 4.20. The SMILES string of the molecule is O=C(Nc1ccc(Cl)cc1)C(=O)NC(c1ccc(Cl)cc1)C1CC1. The van der Waals surface area contributed by atoms with Gasteiger partial charge in [0.1, 0.15) is 0 Å². The molecule has 0 radical (unpaired) electrons. The predicted molar refractivity (Wildman–Crippen MR) is 95.1 cm³/mol. The zero-order valence-electron chi connectivity index (χ0n) is 12.8. The van der Waals surface area contributed by atoms with Gasteiger partial charge in [0.2, 0.25) is 0 Å². The van der Waals surface area contributed by atoms with Gasteiger partial charge in [0, 0.05) is 15.7 Å². The summed E-state index contributed by atoms with van der Waals surface area (Å²) in [6.45, 7) is 0. The molecule has 0 aliphatic heterocycles. The quantitative estimate of drug-likeness (QED) is 0.800. The molecule has 0 heterocycles. The number of rotatable bonds is 4. The van der Waals surface area contributed by atoms with Crippen LogP contribution in [0.3, 0.4) is 0 Å². The second-order valence-electron chi connectivity index (χ2n) is 5.80. The summed E-state index contributed by atoms with van der Waals surface area (Å²) < 4.78 is 0. The van der Waals surface area contributed by atoms with Crippen LogP contribution in [0.25, 0.3) is 0 Å². The summed E-state index contributed by atoms with van der Waals surface area (Å²) in [4.78, 5) is 24.3. The van der Waals surface area contributed by atoms with Gasteiger partial charge < -0.3 is 10.6 Å². The summed E-state index contributed by atoms with van der Waals surface area (Å²) in [6.07, 6.45) is 2.07. The van der Waals surface area contributed by atoms with Gasteiger partial charge in [-0.1, -0.05) is 35.3 Å². The minimum absolute atomic E-state index is 0.175. The van der Waals surface area contributed by atoms with Crippen molar-refractivity contribution >= 4 is 40.7 Å². The van der Waals surface area contributed by atoms with E-state index in [4.69, 9.17) is 23.2 Å². The zero-order valence-corrected chi connectivity index (χ0v) is 14.3. The minimum Gasteiger partial charge on any atom is -0.341 e. The molecule has 1 aliphatic carbocycles. The summed E-state index contributed by atoms with van der Waals surface area (Å²) in [7, 11) is 0. The van der Waals surface area contributed by atoms with Gasteiger partial charge in [0.25, 0.3) is 0 Å². The third-order valence-electron chi connectivity index (χ3n) is 3.92. The Bertz CT molecular complexity index is 741. The first-order valence-corrected chi connectivity index (χ1v) is 8.41. The number of carbonyl (C=O) groups excluding carboxylic acids is 2. The number of halogens is 2. The molecule has 2 N–H and O–H groups in total. The van der Waals surface area contributed by atoms with Crippen LogP contribution in [0.4, 0.5) is 5.69 Å². The Hall–Kier alpha value is -2.04. The fourth-order valence-corrected chi connectivity index (χ4v) is 2.75. The van der Waals surface area contributed by atoms with E-state index in [9.17, 15) is 9.59 Å². The van der Waals surface area contributed by atoms with E-state index in [-0.39, 0.29) is 6.04 Å². The third kappa shape index (κ3) is 4.28. The molecule has 1 saturated carbocycles. The number of hydrogen-bond donors (Lipinski definition) is 2. The average Bonchev–Trinajstić information content (AvgIpc) is 3.40. The Morgan fingerprint density at radius 1 is 0.875 bits per heavy atom. The largest absolute Gasteiger partial charge is 0.341 e. The van der Waals surface area contributed by atoms with Crippen LogP contribution in [-0.2, 0) is 9.59 Å². The van der Waals surface area contributed by atoms with Gasteiger partial charge in [0.15, 0.2) is 0 Å². The van der Waals surface area contributed by atoms with Crippen LogP contribution in [-0.4, -0.2) is 11.8 Å². The van der Waals surface area contributed by atoms with Crippen molar-refractivity contribution in [2.24, 2.45) is 5.92 Å². The second-order valence-corrected chi connectivity index (χ2v) is 6.67. The number of anilines is 1. The Morgan fingerprint density at radius 2 is 1.42 bits per heavy atom. The van der Waals surface area contributed by atoms with E-state index in [1.165, 1.54) is 0 Å². The van der Waals surface area contributed by atoms with Crippen molar-refractivity contribution in [3.8, 4) is 0 Å². The van der Waals surface area contributed by atoms with Gasteiger partial charge >= 0.3 is 11.8 Å². The number of nitrogens with one attached hydrogen (secondary N) is 2. The van der Waals surface area contributed by atoms with Crippen molar-refractivity contribution in [2.45, 2.75) is 18.9 Å². The third-order valence-corrected chi connectivity index (χ3v) is 4.42. The van der Waals surface area contributed by atoms with Gasteiger partial charge in [-0.25, -0.2) is 0 Å². The minimum atomic E-state index is -0.697. The summed E-state index contributed by atoms with van der Waals surface area (Å²) in [5.41, 5.74) is 1.48. The van der Waals surface area contributed by atoms with E-state index in [0.717, 1.165) is 18.4 Å². The van der Waals surface area contributed by atoms with Crippen molar-refractivity contribution in [2.75, 3.05) is 5.32 Å². The number of amides is 2.